The minimum atomic E-state index is -0.548. The summed E-state index contributed by atoms with van der Waals surface area (Å²) in [6.45, 7) is 3.75. The van der Waals surface area contributed by atoms with Gasteiger partial charge in [-0.25, -0.2) is 0 Å². The van der Waals surface area contributed by atoms with E-state index in [2.05, 4.69) is 0 Å². The van der Waals surface area contributed by atoms with Gasteiger partial charge in [0.2, 0.25) is 0 Å². The Kier molecular flexibility index (Phi) is 2.52. The molecule has 1 N–H and O–H groups in total. The normalized spacial score (nSPS) is 51.5. The number of hydrogen-bond donors (Lipinski definition) is 1. The summed E-state index contributed by atoms with van der Waals surface area (Å²) in [5.74, 6) is 0.0872. The highest BCUT2D eigenvalue weighted by molar-refractivity contribution is 6.29. The van der Waals surface area contributed by atoms with Crippen molar-refractivity contribution in [3.8, 4) is 0 Å². The Morgan fingerprint density at radius 3 is 2.45 bits per heavy atom. The quantitative estimate of drug-likeness (QED) is 0.464. The van der Waals surface area contributed by atoms with E-state index in [1.54, 1.807) is 0 Å². The third-order valence-electron chi connectivity index (χ3n) is 2.51. The van der Waals surface area contributed by atoms with Gasteiger partial charge in [-0.3, -0.25) is 0 Å². The molecule has 0 aromatic heterocycles. The molecule has 0 amide bonds. The second-order valence-electron chi connectivity index (χ2n) is 3.22. The molecule has 0 aromatic rings. The lowest BCUT2D eigenvalue weighted by Crippen LogP contribution is -2.34. The van der Waals surface area contributed by atoms with Gasteiger partial charge in [0, 0.05) is 11.9 Å². The van der Waals surface area contributed by atoms with E-state index in [9.17, 15) is 0 Å². The minimum Gasteiger partial charge on any atom is -0.394 e. The predicted molar refractivity (Wildman–Crippen MR) is 44.9 cm³/mol. The molecule has 1 heterocycles. The lowest BCUT2D eigenvalue weighted by molar-refractivity contribution is 0.0288. The van der Waals surface area contributed by atoms with Crippen LogP contribution in [0.4, 0.5) is 0 Å². The summed E-state index contributed by atoms with van der Waals surface area (Å²) >= 11 is 6.08. The number of alkyl halides is 1. The van der Waals surface area contributed by atoms with E-state index in [4.69, 9.17) is 29.3 Å². The molecule has 0 unspecified atom stereocenters. The molecule has 0 saturated carbocycles. The van der Waals surface area contributed by atoms with Crippen molar-refractivity contribution in [1.29, 1.82) is 0 Å². The van der Waals surface area contributed by atoms with Crippen molar-refractivity contribution in [3.63, 3.8) is 0 Å². The van der Waals surface area contributed by atoms with Crippen LogP contribution in [0.5, 0.6) is 0 Å². The van der Waals surface area contributed by atoms with Gasteiger partial charge in [0.25, 0.3) is 0 Å². The Morgan fingerprint density at radius 2 is 2.27 bits per heavy atom. The largest absolute Gasteiger partial charge is 0.394 e. The highest BCUT2D eigenvalue weighted by Gasteiger charge is 2.46. The van der Waals surface area contributed by atoms with Crippen molar-refractivity contribution in [1.82, 2.24) is 0 Å². The van der Waals surface area contributed by atoms with Crippen molar-refractivity contribution in [2.24, 2.45) is 5.92 Å². The third kappa shape index (κ3) is 1.42. The van der Waals surface area contributed by atoms with E-state index in [1.807, 2.05) is 13.8 Å². The first kappa shape index (κ1) is 9.36. The van der Waals surface area contributed by atoms with Crippen LogP contribution in [-0.2, 0) is 4.74 Å². The molecule has 0 spiro atoms. The molecule has 4 heteroatoms. The first-order chi connectivity index (χ1) is 5.00. The van der Waals surface area contributed by atoms with E-state index in [0.717, 1.165) is 0 Å². The molecule has 1 aliphatic rings. The summed E-state index contributed by atoms with van der Waals surface area (Å²) in [5.41, 5.74) is 0. The van der Waals surface area contributed by atoms with Crippen LogP contribution in [-0.4, -0.2) is 36.5 Å². The predicted octanol–water partition coefficient (Wildman–Crippen LogP) is 0.506. The van der Waals surface area contributed by atoms with Gasteiger partial charge in [-0.1, -0.05) is 6.92 Å². The van der Waals surface area contributed by atoms with Gasteiger partial charge < -0.3 is 9.84 Å². The van der Waals surface area contributed by atoms with Crippen LogP contribution in [0.2, 0.25) is 0 Å². The standard InChI is InChI=1S/C7H12BClO2/c1-4-5(3-10)11-6(8)7(4,2)9/h4-6,10H,3H2,1-2H3/t4-,5-,6-,7+/m1/s1. The van der Waals surface area contributed by atoms with E-state index < -0.39 is 10.9 Å². The maximum atomic E-state index is 8.85. The van der Waals surface area contributed by atoms with Crippen molar-refractivity contribution in [3.05, 3.63) is 0 Å². The molecular weight excluding hydrogens is 162 g/mol. The summed E-state index contributed by atoms with van der Waals surface area (Å²) in [6.07, 6.45) is -0.215. The first-order valence-electron chi connectivity index (χ1n) is 3.71. The maximum absolute atomic E-state index is 8.85. The van der Waals surface area contributed by atoms with Crippen LogP contribution < -0.4 is 0 Å². The summed E-state index contributed by atoms with van der Waals surface area (Å²) in [7, 11) is 5.60. The Hall–Kier alpha value is 0.275. The Labute approximate surface area is 73.3 Å². The van der Waals surface area contributed by atoms with Crippen molar-refractivity contribution in [2.45, 2.75) is 30.8 Å². The van der Waals surface area contributed by atoms with Gasteiger partial charge in [-0.2, -0.15) is 0 Å². The van der Waals surface area contributed by atoms with Crippen molar-refractivity contribution in [2.75, 3.05) is 6.61 Å². The molecule has 1 saturated heterocycles. The average Bonchev–Trinajstić information content (AvgIpc) is 2.14. The molecule has 0 aliphatic carbocycles. The molecule has 2 nitrogen and oxygen atoms in total. The smallest absolute Gasteiger partial charge is 0.111 e. The maximum Gasteiger partial charge on any atom is 0.111 e. The van der Waals surface area contributed by atoms with Crippen molar-refractivity contribution < 1.29 is 9.84 Å². The summed E-state index contributed by atoms with van der Waals surface area (Å²) in [6, 6.07) is -0.476. The SMILES string of the molecule is [B][C@@H]1O[C@H](CO)[C@@H](C)[C@]1(C)Cl. The molecule has 11 heavy (non-hydrogen) atoms. The molecule has 2 radical (unpaired) electrons. The van der Waals surface area contributed by atoms with Crippen LogP contribution in [0.3, 0.4) is 0 Å². The van der Waals surface area contributed by atoms with Crippen LogP contribution in [0.25, 0.3) is 0 Å². The van der Waals surface area contributed by atoms with E-state index >= 15 is 0 Å². The molecule has 1 rings (SSSR count). The molecule has 1 aliphatic heterocycles. The van der Waals surface area contributed by atoms with E-state index in [-0.39, 0.29) is 18.6 Å². The van der Waals surface area contributed by atoms with Crippen molar-refractivity contribution >= 4 is 19.4 Å². The summed E-state index contributed by atoms with van der Waals surface area (Å²) in [4.78, 5) is -0.548. The molecule has 62 valence electrons. The number of aliphatic hydroxyl groups excluding tert-OH is 1. The number of aliphatic hydroxyl groups is 1. The Balaban J connectivity index is 2.71. The van der Waals surface area contributed by atoms with Gasteiger partial charge in [0.05, 0.1) is 17.6 Å². The molecule has 0 aromatic carbocycles. The molecule has 0 bridgehead atoms. The first-order valence-corrected chi connectivity index (χ1v) is 4.08. The van der Waals surface area contributed by atoms with E-state index in [1.165, 1.54) is 0 Å². The van der Waals surface area contributed by atoms with Crippen LogP contribution >= 0.6 is 11.6 Å². The van der Waals surface area contributed by atoms with Gasteiger partial charge in [0.1, 0.15) is 7.85 Å². The fourth-order valence-electron chi connectivity index (χ4n) is 1.26. The van der Waals surface area contributed by atoms with Crippen LogP contribution in [0.1, 0.15) is 13.8 Å². The topological polar surface area (TPSA) is 29.5 Å². The number of hydrogen-bond acceptors (Lipinski definition) is 2. The van der Waals surface area contributed by atoms with Crippen LogP contribution in [0.15, 0.2) is 0 Å². The third-order valence-corrected chi connectivity index (χ3v) is 3.06. The summed E-state index contributed by atoms with van der Waals surface area (Å²) < 4.78 is 5.23. The van der Waals surface area contributed by atoms with E-state index in [0.29, 0.717) is 0 Å². The van der Waals surface area contributed by atoms with Gasteiger partial charge in [-0.15, -0.1) is 11.6 Å². The number of halogens is 1. The zero-order valence-corrected chi connectivity index (χ0v) is 7.51. The number of rotatable bonds is 1. The molecule has 1 fully saturated rings. The zero-order chi connectivity index (χ0) is 8.65. The second-order valence-corrected chi connectivity index (χ2v) is 4.03. The minimum absolute atomic E-state index is 0.0167. The molecule has 4 atom stereocenters. The van der Waals surface area contributed by atoms with Gasteiger partial charge in [-0.05, 0) is 6.92 Å². The highest BCUT2D eigenvalue weighted by Crippen LogP contribution is 2.39. The monoisotopic (exact) mass is 174 g/mol. The second kappa shape index (κ2) is 2.96. The zero-order valence-electron chi connectivity index (χ0n) is 6.75. The van der Waals surface area contributed by atoms with Gasteiger partial charge >= 0.3 is 0 Å². The average molecular weight is 174 g/mol. The summed E-state index contributed by atoms with van der Waals surface area (Å²) in [5, 5.41) is 8.85. The Bertz CT molecular complexity index is 151. The fourth-order valence-corrected chi connectivity index (χ4v) is 1.45. The Morgan fingerprint density at radius 1 is 1.73 bits per heavy atom. The molecular formula is C7H12BClO2. The lowest BCUT2D eigenvalue weighted by Gasteiger charge is -2.24. The fraction of sp³-hybridized carbons (Fsp3) is 1.00. The number of ether oxygens (including phenoxy) is 1. The van der Waals surface area contributed by atoms with Crippen LogP contribution in [0, 0.1) is 5.92 Å². The lowest BCUT2D eigenvalue weighted by atomic mass is 9.81. The highest BCUT2D eigenvalue weighted by atomic mass is 35.5. The van der Waals surface area contributed by atoms with Gasteiger partial charge in [0.15, 0.2) is 0 Å².